The van der Waals surface area contributed by atoms with Gasteiger partial charge in [0.05, 0.1) is 5.69 Å². The zero-order valence-corrected chi connectivity index (χ0v) is 19.6. The molecule has 1 amide bonds. The van der Waals surface area contributed by atoms with Crippen molar-refractivity contribution in [1.29, 1.82) is 0 Å². The highest BCUT2D eigenvalue weighted by Gasteiger charge is 2.25. The predicted octanol–water partition coefficient (Wildman–Crippen LogP) is 4.62. The number of carbonyl (C=O) groups excluding carboxylic acids is 1. The second-order valence-corrected chi connectivity index (χ2v) is 10.2. The number of carbonyl (C=O) groups is 1. The van der Waals surface area contributed by atoms with Crippen LogP contribution in [0, 0.1) is 5.92 Å². The van der Waals surface area contributed by atoms with Crippen LogP contribution in [0.1, 0.15) is 94.7 Å². The van der Waals surface area contributed by atoms with Gasteiger partial charge in [-0.1, -0.05) is 32.1 Å². The lowest BCUT2D eigenvalue weighted by molar-refractivity contribution is -0.122. The summed E-state index contributed by atoms with van der Waals surface area (Å²) >= 11 is 0. The van der Waals surface area contributed by atoms with Gasteiger partial charge in [-0.2, -0.15) is 4.98 Å². The highest BCUT2D eigenvalue weighted by atomic mass is 16.1. The first kappa shape index (κ1) is 22.3. The number of hydrogen-bond donors (Lipinski definition) is 2. The molecule has 1 aromatic heterocycles. The van der Waals surface area contributed by atoms with Gasteiger partial charge in [0.25, 0.3) is 0 Å². The SMILES string of the molecule is CN(C)c1nc(NC2CCC(NC(=O)CCC3CCCCC3)CC2)nc2c1CCCC2. The molecule has 0 spiro atoms. The molecule has 2 N–H and O–H groups in total. The average Bonchev–Trinajstić information content (AvgIpc) is 2.79. The number of aryl methyl sites for hydroxylation is 1. The fourth-order valence-electron chi connectivity index (χ4n) is 5.68. The predicted molar refractivity (Wildman–Crippen MR) is 127 cm³/mol. The summed E-state index contributed by atoms with van der Waals surface area (Å²) in [6, 6.07) is 0.728. The third-order valence-corrected chi connectivity index (χ3v) is 7.51. The van der Waals surface area contributed by atoms with Gasteiger partial charge in [0.15, 0.2) is 0 Å². The molecule has 0 aliphatic heterocycles. The lowest BCUT2D eigenvalue weighted by Gasteiger charge is -2.30. The number of amides is 1. The molecular weight excluding hydrogens is 386 g/mol. The van der Waals surface area contributed by atoms with Crippen LogP contribution in [0.4, 0.5) is 11.8 Å². The third kappa shape index (κ3) is 6.11. The molecule has 172 valence electrons. The van der Waals surface area contributed by atoms with Gasteiger partial charge < -0.3 is 15.5 Å². The Morgan fingerprint density at radius 2 is 1.61 bits per heavy atom. The van der Waals surface area contributed by atoms with Crippen molar-refractivity contribution in [2.45, 2.75) is 108 Å². The van der Waals surface area contributed by atoms with Gasteiger partial charge >= 0.3 is 0 Å². The van der Waals surface area contributed by atoms with Gasteiger partial charge in [-0.15, -0.1) is 0 Å². The zero-order valence-electron chi connectivity index (χ0n) is 19.6. The molecule has 0 unspecified atom stereocenters. The van der Waals surface area contributed by atoms with Crippen LogP contribution < -0.4 is 15.5 Å². The second-order valence-electron chi connectivity index (χ2n) is 10.2. The first-order chi connectivity index (χ1) is 15.1. The lowest BCUT2D eigenvalue weighted by atomic mass is 9.86. The molecule has 0 radical (unpaired) electrons. The van der Waals surface area contributed by atoms with Gasteiger partial charge in [-0.05, 0) is 63.7 Å². The van der Waals surface area contributed by atoms with Gasteiger partial charge in [0.2, 0.25) is 11.9 Å². The van der Waals surface area contributed by atoms with E-state index in [-0.39, 0.29) is 5.91 Å². The van der Waals surface area contributed by atoms with Gasteiger partial charge in [-0.3, -0.25) is 4.79 Å². The molecule has 2 fully saturated rings. The minimum absolute atomic E-state index is 0.260. The fourth-order valence-corrected chi connectivity index (χ4v) is 5.68. The molecule has 0 saturated heterocycles. The molecule has 0 bridgehead atoms. The van der Waals surface area contributed by atoms with Crippen molar-refractivity contribution >= 4 is 17.7 Å². The summed E-state index contributed by atoms with van der Waals surface area (Å²) in [6.45, 7) is 0. The topological polar surface area (TPSA) is 70.2 Å². The van der Waals surface area contributed by atoms with Crippen molar-refractivity contribution in [2.75, 3.05) is 24.3 Å². The maximum atomic E-state index is 12.4. The molecule has 4 rings (SSSR count). The van der Waals surface area contributed by atoms with Crippen molar-refractivity contribution in [3.8, 4) is 0 Å². The van der Waals surface area contributed by atoms with Crippen molar-refractivity contribution in [1.82, 2.24) is 15.3 Å². The smallest absolute Gasteiger partial charge is 0.225 e. The number of rotatable bonds is 7. The Morgan fingerprint density at radius 1 is 0.903 bits per heavy atom. The summed E-state index contributed by atoms with van der Waals surface area (Å²) in [5.41, 5.74) is 2.56. The van der Waals surface area contributed by atoms with E-state index in [1.165, 1.54) is 56.2 Å². The molecule has 6 nitrogen and oxygen atoms in total. The molecule has 1 aromatic rings. The summed E-state index contributed by atoms with van der Waals surface area (Å²) in [7, 11) is 4.15. The molecule has 0 atom stereocenters. The molecule has 1 heterocycles. The molecule has 3 aliphatic carbocycles. The van der Waals surface area contributed by atoms with E-state index in [2.05, 4.69) is 29.6 Å². The molecule has 6 heteroatoms. The average molecular weight is 428 g/mol. The summed E-state index contributed by atoms with van der Waals surface area (Å²) in [6.07, 6.45) is 17.3. The Balaban J connectivity index is 1.24. The van der Waals surface area contributed by atoms with Gasteiger partial charge in [-0.25, -0.2) is 4.98 Å². The van der Waals surface area contributed by atoms with E-state index in [9.17, 15) is 4.79 Å². The Bertz CT molecular complexity index is 736. The van der Waals surface area contributed by atoms with E-state index in [4.69, 9.17) is 9.97 Å². The second kappa shape index (κ2) is 10.6. The van der Waals surface area contributed by atoms with E-state index in [1.54, 1.807) is 0 Å². The highest BCUT2D eigenvalue weighted by Crippen LogP contribution is 2.30. The van der Waals surface area contributed by atoms with Gasteiger partial charge in [0, 0.05) is 38.2 Å². The first-order valence-electron chi connectivity index (χ1n) is 12.7. The van der Waals surface area contributed by atoms with E-state index in [0.717, 1.165) is 62.6 Å². The van der Waals surface area contributed by atoms with Crippen molar-refractivity contribution in [2.24, 2.45) is 5.92 Å². The zero-order chi connectivity index (χ0) is 21.6. The standard InChI is InChI=1S/C25H41N5O/c1-30(2)24-21-10-6-7-11-22(21)28-25(29-24)27-20-15-13-19(14-16-20)26-23(31)17-12-18-8-4-3-5-9-18/h18-20H,3-17H2,1-2H3,(H,26,31)(H,27,28,29). The van der Waals surface area contributed by atoms with Crippen molar-refractivity contribution in [3.63, 3.8) is 0 Å². The number of hydrogen-bond acceptors (Lipinski definition) is 5. The Labute approximate surface area is 188 Å². The minimum Gasteiger partial charge on any atom is -0.362 e. The normalized spacial score (nSPS) is 24.3. The Morgan fingerprint density at radius 3 is 2.35 bits per heavy atom. The van der Waals surface area contributed by atoms with Crippen molar-refractivity contribution in [3.05, 3.63) is 11.3 Å². The number of anilines is 2. The van der Waals surface area contributed by atoms with Crippen LogP contribution in [-0.2, 0) is 17.6 Å². The highest BCUT2D eigenvalue weighted by molar-refractivity contribution is 5.76. The Kier molecular flexibility index (Phi) is 7.67. The van der Waals surface area contributed by atoms with Crippen LogP contribution in [0.3, 0.4) is 0 Å². The number of nitrogens with zero attached hydrogens (tertiary/aromatic N) is 3. The minimum atomic E-state index is 0.260. The number of aromatic nitrogens is 2. The quantitative estimate of drug-likeness (QED) is 0.664. The monoisotopic (exact) mass is 427 g/mol. The van der Waals surface area contributed by atoms with Crippen LogP contribution in [-0.4, -0.2) is 42.1 Å². The van der Waals surface area contributed by atoms with E-state index in [0.29, 0.717) is 18.5 Å². The number of fused-ring (bicyclic) bond motifs is 1. The van der Waals surface area contributed by atoms with E-state index in [1.807, 2.05) is 0 Å². The number of nitrogens with one attached hydrogen (secondary N) is 2. The first-order valence-corrected chi connectivity index (χ1v) is 12.7. The van der Waals surface area contributed by atoms with Crippen LogP contribution in [0.2, 0.25) is 0 Å². The summed E-state index contributed by atoms with van der Waals surface area (Å²) in [5.74, 6) is 2.90. The maximum Gasteiger partial charge on any atom is 0.225 e. The van der Waals surface area contributed by atoms with Gasteiger partial charge in [0.1, 0.15) is 5.82 Å². The van der Waals surface area contributed by atoms with E-state index < -0.39 is 0 Å². The van der Waals surface area contributed by atoms with Crippen LogP contribution >= 0.6 is 0 Å². The molecule has 3 aliphatic rings. The molecule has 31 heavy (non-hydrogen) atoms. The van der Waals surface area contributed by atoms with Crippen LogP contribution in [0.25, 0.3) is 0 Å². The summed E-state index contributed by atoms with van der Waals surface area (Å²) in [4.78, 5) is 24.3. The third-order valence-electron chi connectivity index (χ3n) is 7.51. The molecule has 2 saturated carbocycles. The van der Waals surface area contributed by atoms with Crippen LogP contribution in [0.5, 0.6) is 0 Å². The van der Waals surface area contributed by atoms with Crippen LogP contribution in [0.15, 0.2) is 0 Å². The van der Waals surface area contributed by atoms with E-state index >= 15 is 0 Å². The molecular formula is C25H41N5O. The largest absolute Gasteiger partial charge is 0.362 e. The summed E-state index contributed by atoms with van der Waals surface area (Å²) in [5, 5.41) is 6.91. The summed E-state index contributed by atoms with van der Waals surface area (Å²) < 4.78 is 0. The Hall–Kier alpha value is -1.85. The molecule has 0 aromatic carbocycles. The lowest BCUT2D eigenvalue weighted by Crippen LogP contribution is -2.40. The van der Waals surface area contributed by atoms with Crippen molar-refractivity contribution < 1.29 is 4.79 Å². The fraction of sp³-hybridized carbons (Fsp3) is 0.800. The maximum absolute atomic E-state index is 12.4.